The summed E-state index contributed by atoms with van der Waals surface area (Å²) in [5.74, 6) is -4.35. The van der Waals surface area contributed by atoms with Gasteiger partial charge in [0.1, 0.15) is 96.8 Å². The normalized spacial score (nSPS) is 42.6. The summed E-state index contributed by atoms with van der Waals surface area (Å²) >= 11 is 0. The Hall–Kier alpha value is -3.45. The first-order valence-electron chi connectivity index (χ1n) is 20.2. The lowest BCUT2D eigenvalue weighted by molar-refractivity contribution is -0.382. The van der Waals surface area contributed by atoms with Crippen LogP contribution in [0.1, 0.15) is 27.2 Å². The monoisotopic (exact) mass is 907 g/mol. The lowest BCUT2D eigenvalue weighted by atomic mass is 9.86. The molecular formula is C38H57N3O22. The topological polar surface area (TPSA) is 373 Å². The third kappa shape index (κ3) is 10.2. The van der Waals surface area contributed by atoms with Gasteiger partial charge in [-0.05, 0) is 31.2 Å². The van der Waals surface area contributed by atoms with E-state index < -0.39 is 172 Å². The highest BCUT2D eigenvalue weighted by molar-refractivity contribution is 5.85. The van der Waals surface area contributed by atoms with Gasteiger partial charge in [0.2, 0.25) is 18.1 Å². The fourth-order valence-electron chi connectivity index (χ4n) is 8.31. The van der Waals surface area contributed by atoms with Crippen molar-refractivity contribution in [1.82, 2.24) is 16.0 Å². The first-order chi connectivity index (χ1) is 29.9. The quantitative estimate of drug-likeness (QED) is 0.0825. The molecule has 6 rings (SSSR count). The third-order valence-corrected chi connectivity index (χ3v) is 11.6. The van der Waals surface area contributed by atoms with Crippen LogP contribution in [0.25, 0.3) is 0 Å². The van der Waals surface area contributed by atoms with E-state index in [0.29, 0.717) is 5.75 Å². The van der Waals surface area contributed by atoms with Crippen molar-refractivity contribution in [2.24, 2.45) is 0 Å². The number of rotatable bonds is 14. The van der Waals surface area contributed by atoms with Crippen molar-refractivity contribution >= 4 is 17.7 Å². The molecule has 1 spiro atoms. The number of benzene rings is 1. The molecular weight excluding hydrogens is 850 g/mol. The Balaban J connectivity index is 1.35. The van der Waals surface area contributed by atoms with Crippen LogP contribution < -0.4 is 25.4 Å². The summed E-state index contributed by atoms with van der Waals surface area (Å²) in [5, 5.41) is 114. The largest absolute Gasteiger partial charge is 0.497 e. The number of aliphatic hydroxyl groups excluding tert-OH is 10. The van der Waals surface area contributed by atoms with Crippen LogP contribution >= 0.6 is 0 Å². The van der Waals surface area contributed by atoms with Gasteiger partial charge in [0.05, 0.1) is 45.2 Å². The van der Waals surface area contributed by atoms with Crippen LogP contribution in [0.3, 0.4) is 0 Å². The Morgan fingerprint density at radius 3 is 2.00 bits per heavy atom. The summed E-state index contributed by atoms with van der Waals surface area (Å²) < 4.78 is 54.0. The number of hydrogen-bond donors (Lipinski definition) is 13. The Morgan fingerprint density at radius 2 is 1.40 bits per heavy atom. The van der Waals surface area contributed by atoms with Crippen molar-refractivity contribution < 1.29 is 108 Å². The highest BCUT2D eigenvalue weighted by Crippen LogP contribution is 2.41. The van der Waals surface area contributed by atoms with Crippen molar-refractivity contribution in [1.29, 1.82) is 0 Å². The van der Waals surface area contributed by atoms with Crippen LogP contribution in [0.5, 0.6) is 11.5 Å². The fourth-order valence-corrected chi connectivity index (χ4v) is 8.31. The van der Waals surface area contributed by atoms with Crippen LogP contribution in [-0.2, 0) is 47.5 Å². The molecule has 0 aromatic heterocycles. The van der Waals surface area contributed by atoms with Crippen LogP contribution in [0.2, 0.25) is 0 Å². The van der Waals surface area contributed by atoms with Crippen LogP contribution in [0.15, 0.2) is 24.3 Å². The molecule has 0 bridgehead atoms. The average molecular weight is 908 g/mol. The molecule has 5 saturated heterocycles. The second kappa shape index (κ2) is 20.4. The van der Waals surface area contributed by atoms with Crippen LogP contribution in [0, 0.1) is 0 Å². The van der Waals surface area contributed by atoms with E-state index in [9.17, 15) is 65.4 Å². The summed E-state index contributed by atoms with van der Waals surface area (Å²) in [6, 6.07) is 1.79. The number of nitrogens with one attached hydrogen (secondary N) is 3. The maximum Gasteiger partial charge on any atom is 0.280 e. The number of fused-ring (bicyclic) bond motifs is 1. The van der Waals surface area contributed by atoms with Crippen LogP contribution in [-0.4, -0.2) is 224 Å². The van der Waals surface area contributed by atoms with Crippen molar-refractivity contribution in [3.8, 4) is 11.5 Å². The van der Waals surface area contributed by atoms with E-state index in [2.05, 4.69) is 16.0 Å². The summed E-state index contributed by atoms with van der Waals surface area (Å²) in [4.78, 5) is 39.0. The van der Waals surface area contributed by atoms with Gasteiger partial charge >= 0.3 is 0 Å². The zero-order chi connectivity index (χ0) is 46.1. The number of methoxy groups -OCH3 is 1. The van der Waals surface area contributed by atoms with Gasteiger partial charge < -0.3 is 110 Å². The highest BCUT2D eigenvalue weighted by atomic mass is 16.8. The Morgan fingerprint density at radius 1 is 0.794 bits per heavy atom. The molecule has 63 heavy (non-hydrogen) atoms. The molecule has 5 heterocycles. The summed E-state index contributed by atoms with van der Waals surface area (Å²) in [5.41, 5.74) is 0. The number of morpholine rings is 1. The molecule has 3 amide bonds. The van der Waals surface area contributed by atoms with Gasteiger partial charge in [-0.25, -0.2) is 0 Å². The summed E-state index contributed by atoms with van der Waals surface area (Å²) in [6.45, 7) is 0.931. The molecule has 356 valence electrons. The third-order valence-electron chi connectivity index (χ3n) is 11.6. The lowest BCUT2D eigenvalue weighted by Gasteiger charge is -2.55. The van der Waals surface area contributed by atoms with Crippen molar-refractivity contribution in [2.45, 2.75) is 155 Å². The molecule has 5 aliphatic rings. The highest BCUT2D eigenvalue weighted by Gasteiger charge is 2.64. The zero-order valence-electron chi connectivity index (χ0n) is 34.6. The minimum Gasteiger partial charge on any atom is -0.497 e. The molecule has 0 saturated carbocycles. The zero-order valence-corrected chi connectivity index (χ0v) is 34.6. The van der Waals surface area contributed by atoms with Gasteiger partial charge in [0.15, 0.2) is 12.6 Å². The van der Waals surface area contributed by atoms with E-state index in [-0.39, 0.29) is 5.75 Å². The molecule has 1 aromatic carbocycles. The second-order valence-corrected chi connectivity index (χ2v) is 16.0. The van der Waals surface area contributed by atoms with Crippen LogP contribution in [0.4, 0.5) is 0 Å². The van der Waals surface area contributed by atoms with Crippen molar-refractivity contribution in [2.75, 3.05) is 26.9 Å². The van der Waals surface area contributed by atoms with Crippen molar-refractivity contribution in [3.63, 3.8) is 0 Å². The standard InChI is InChI=1S/C38H57N3O22/c1-13-25(49)28(52)29(53)36(56-13)61-33-24(40-15(3)46)34(57-17-7-5-16(55-4)6-8-17)59-21(12-44)30(33)60-35-23-32(27(51)20(11-43)58-35)63-38(37(54)41-23)9-18(47)22(39-14(2)45)31(62-38)26(50)19(48)10-42/h5-8,13,18-36,42-44,47-53H,9-12H2,1-4H3,(H,39,45)(H,40,46)(H,41,54)/t13-,18-,19+,20+,21+,22+,23+,24+,25+,26+,27-,28+,29-,30+,31+,32+,33+,34+,35-,36-,38-/m0/s1. The van der Waals surface area contributed by atoms with E-state index in [4.69, 9.17) is 42.6 Å². The molecule has 1 aromatic rings. The Kier molecular flexibility index (Phi) is 15.8. The molecule has 0 unspecified atom stereocenters. The van der Waals surface area contributed by atoms with E-state index in [1.807, 2.05) is 0 Å². The minimum absolute atomic E-state index is 0.195. The lowest BCUT2D eigenvalue weighted by Crippen LogP contribution is -2.78. The number of aliphatic hydroxyl groups is 10. The van der Waals surface area contributed by atoms with E-state index >= 15 is 0 Å². The van der Waals surface area contributed by atoms with E-state index in [1.165, 1.54) is 26.2 Å². The molecule has 13 N–H and O–H groups in total. The maximum absolute atomic E-state index is 14.2. The molecule has 21 atom stereocenters. The van der Waals surface area contributed by atoms with E-state index in [0.717, 1.165) is 13.8 Å². The van der Waals surface area contributed by atoms with Crippen molar-refractivity contribution in [3.05, 3.63) is 24.3 Å². The molecule has 0 aliphatic carbocycles. The molecule has 0 radical (unpaired) electrons. The number of amides is 3. The van der Waals surface area contributed by atoms with Gasteiger partial charge in [-0.15, -0.1) is 0 Å². The predicted octanol–water partition coefficient (Wildman–Crippen LogP) is -7.08. The Labute approximate surface area is 359 Å². The molecule has 5 fully saturated rings. The van der Waals surface area contributed by atoms with Gasteiger partial charge in [-0.1, -0.05) is 0 Å². The number of hydrogen-bond acceptors (Lipinski definition) is 22. The van der Waals surface area contributed by atoms with Gasteiger partial charge in [-0.2, -0.15) is 0 Å². The minimum atomic E-state index is -2.55. The van der Waals surface area contributed by atoms with Gasteiger partial charge in [0, 0.05) is 20.3 Å². The predicted molar refractivity (Wildman–Crippen MR) is 203 cm³/mol. The van der Waals surface area contributed by atoms with Gasteiger partial charge in [-0.3, -0.25) is 14.4 Å². The van der Waals surface area contributed by atoms with E-state index in [1.54, 1.807) is 12.1 Å². The first kappa shape index (κ1) is 49.0. The Bertz CT molecular complexity index is 1720. The number of carbonyl (C=O) groups excluding carboxylic acids is 3. The first-order valence-corrected chi connectivity index (χ1v) is 20.2. The summed E-state index contributed by atoms with van der Waals surface area (Å²) in [7, 11) is 1.45. The smallest absolute Gasteiger partial charge is 0.280 e. The molecule has 25 heteroatoms. The number of carbonyl (C=O) groups is 3. The number of ether oxygens (including phenoxy) is 9. The SMILES string of the molecule is COc1ccc(O[C@@H]2O[C@H](CO)[C@@H](O[C@@H]3O[C@H](CO)[C@H](O)[C@@H]4O[C@@]5(C[C@H](O)[C@@H](NC(C)=O)[C@H]([C@H](O)[C@H](O)CO)O5)C(=O)N[C@@H]34)[C@H](O[C@@H]3O[C@@H](C)[C@@H](O)[C@@H](O)[C@@H]3O)[C@H]2NC(C)=O)cc1. The van der Waals surface area contributed by atoms with Gasteiger partial charge in [0.25, 0.3) is 11.7 Å². The average Bonchev–Trinajstić information content (AvgIpc) is 3.25. The maximum atomic E-state index is 14.2. The second-order valence-electron chi connectivity index (χ2n) is 16.0. The molecule has 25 nitrogen and oxygen atoms in total. The fraction of sp³-hybridized carbons (Fsp3) is 0.763. The summed E-state index contributed by atoms with van der Waals surface area (Å²) in [6.07, 6.45) is -29.1. The molecule has 5 aliphatic heterocycles.